The van der Waals surface area contributed by atoms with E-state index in [0.29, 0.717) is 5.56 Å². The molecule has 5 unspecified atom stereocenters. The van der Waals surface area contributed by atoms with Gasteiger partial charge in [-0.05, 0) is 31.0 Å². The number of aliphatic hydroxyl groups excluding tert-OH is 4. The molecule has 27 heavy (non-hydrogen) atoms. The van der Waals surface area contributed by atoms with E-state index < -0.39 is 37.3 Å². The molecule has 0 radical (unpaired) electrons. The second-order valence-corrected chi connectivity index (χ2v) is 7.38. The van der Waals surface area contributed by atoms with Crippen molar-refractivity contribution in [3.05, 3.63) is 28.8 Å². The molecule has 1 aliphatic carbocycles. The number of ether oxygens (including phenoxy) is 2. The van der Waals surface area contributed by atoms with Crippen LogP contribution < -0.4 is 10.1 Å². The first-order valence-electron chi connectivity index (χ1n) is 8.97. The number of hydrogen-bond donors (Lipinski definition) is 5. The third-order valence-corrected chi connectivity index (χ3v) is 5.14. The summed E-state index contributed by atoms with van der Waals surface area (Å²) in [6, 6.07) is 4.55. The lowest BCUT2D eigenvalue weighted by Crippen LogP contribution is -2.60. The molecule has 1 amide bonds. The summed E-state index contributed by atoms with van der Waals surface area (Å²) in [6.07, 6.45) is -2.93. The van der Waals surface area contributed by atoms with Gasteiger partial charge in [0.1, 0.15) is 30.2 Å². The van der Waals surface area contributed by atoms with Gasteiger partial charge in [-0.25, -0.2) is 0 Å². The Kier molecular flexibility index (Phi) is 6.56. The quantitative estimate of drug-likeness (QED) is 0.476. The van der Waals surface area contributed by atoms with E-state index in [4.69, 9.17) is 21.1 Å². The van der Waals surface area contributed by atoms with Gasteiger partial charge in [0.2, 0.25) is 6.29 Å². The van der Waals surface area contributed by atoms with Crippen molar-refractivity contribution in [1.29, 1.82) is 0 Å². The fourth-order valence-corrected chi connectivity index (χ4v) is 3.62. The topological polar surface area (TPSA) is 128 Å². The Hall–Kier alpha value is -1.42. The number of nitrogens with one attached hydrogen (secondary N) is 1. The van der Waals surface area contributed by atoms with E-state index in [0.717, 1.165) is 25.7 Å². The first-order valence-corrected chi connectivity index (χ1v) is 9.35. The van der Waals surface area contributed by atoms with E-state index >= 15 is 0 Å². The van der Waals surface area contributed by atoms with Gasteiger partial charge < -0.3 is 35.2 Å². The fraction of sp³-hybridized carbons (Fsp3) is 0.611. The number of aliphatic hydroxyl groups is 4. The molecule has 3 rings (SSSR count). The largest absolute Gasteiger partial charge is 0.462 e. The number of carbonyl (C=O) groups excluding carboxylic acids is 1. The zero-order chi connectivity index (χ0) is 19.6. The molecule has 2 aliphatic rings. The minimum Gasteiger partial charge on any atom is -0.462 e. The molecule has 150 valence electrons. The number of carbonyl (C=O) groups is 1. The van der Waals surface area contributed by atoms with Gasteiger partial charge in [0, 0.05) is 16.6 Å². The molecule has 9 heteroatoms. The van der Waals surface area contributed by atoms with Crippen LogP contribution in [0.2, 0.25) is 5.02 Å². The first-order chi connectivity index (χ1) is 12.9. The molecule has 1 heterocycles. The smallest absolute Gasteiger partial charge is 0.251 e. The van der Waals surface area contributed by atoms with Crippen molar-refractivity contribution in [2.75, 3.05) is 6.61 Å². The zero-order valence-electron chi connectivity index (χ0n) is 14.6. The highest BCUT2D eigenvalue weighted by Gasteiger charge is 2.44. The number of benzene rings is 1. The molecule has 1 saturated heterocycles. The average molecular weight is 402 g/mol. The Morgan fingerprint density at radius 3 is 2.52 bits per heavy atom. The van der Waals surface area contributed by atoms with Crippen molar-refractivity contribution < 1.29 is 34.7 Å². The molecule has 0 spiro atoms. The summed E-state index contributed by atoms with van der Waals surface area (Å²) >= 11 is 6.08. The van der Waals surface area contributed by atoms with Crippen molar-refractivity contribution in [1.82, 2.24) is 5.32 Å². The Balaban J connectivity index is 1.72. The molecule has 1 aromatic rings. The lowest BCUT2D eigenvalue weighted by Gasteiger charge is -2.39. The predicted octanol–water partition coefficient (Wildman–Crippen LogP) is 0.191. The van der Waals surface area contributed by atoms with E-state index in [2.05, 4.69) is 5.32 Å². The lowest BCUT2D eigenvalue weighted by molar-refractivity contribution is -0.277. The maximum Gasteiger partial charge on any atom is 0.251 e. The van der Waals surface area contributed by atoms with E-state index in [9.17, 15) is 25.2 Å². The van der Waals surface area contributed by atoms with Gasteiger partial charge in [0.25, 0.3) is 5.91 Å². The van der Waals surface area contributed by atoms with Crippen LogP contribution in [0.25, 0.3) is 0 Å². The Bertz CT molecular complexity index is 665. The lowest BCUT2D eigenvalue weighted by atomic mass is 9.99. The maximum absolute atomic E-state index is 12.4. The highest BCUT2D eigenvalue weighted by Crippen LogP contribution is 2.27. The zero-order valence-corrected chi connectivity index (χ0v) is 15.4. The maximum atomic E-state index is 12.4. The number of hydrogen-bond acceptors (Lipinski definition) is 7. The van der Waals surface area contributed by atoms with Crippen LogP contribution in [0.3, 0.4) is 0 Å². The van der Waals surface area contributed by atoms with E-state index in [1.54, 1.807) is 0 Å². The van der Waals surface area contributed by atoms with E-state index in [1.807, 2.05) is 0 Å². The van der Waals surface area contributed by atoms with Crippen LogP contribution >= 0.6 is 11.6 Å². The van der Waals surface area contributed by atoms with Crippen LogP contribution in [-0.2, 0) is 4.74 Å². The summed E-state index contributed by atoms with van der Waals surface area (Å²) in [5, 5.41) is 42.2. The molecule has 1 aliphatic heterocycles. The summed E-state index contributed by atoms with van der Waals surface area (Å²) in [5.74, 6) is -0.119. The average Bonchev–Trinajstić information content (AvgIpc) is 3.14. The molecule has 8 nitrogen and oxygen atoms in total. The third-order valence-electron chi connectivity index (χ3n) is 4.92. The normalized spacial score (nSPS) is 31.7. The summed E-state index contributed by atoms with van der Waals surface area (Å²) in [5.41, 5.74) is 0.300. The van der Waals surface area contributed by atoms with Crippen LogP contribution in [-0.4, -0.2) is 69.7 Å². The molecule has 5 N–H and O–H groups in total. The second kappa shape index (κ2) is 8.72. The first kappa shape index (κ1) is 20.3. The summed E-state index contributed by atoms with van der Waals surface area (Å²) in [4.78, 5) is 12.4. The second-order valence-electron chi connectivity index (χ2n) is 6.95. The van der Waals surface area contributed by atoms with Gasteiger partial charge in [0.15, 0.2) is 0 Å². The summed E-state index contributed by atoms with van der Waals surface area (Å²) in [6.45, 7) is -0.560. The van der Waals surface area contributed by atoms with Crippen molar-refractivity contribution in [2.45, 2.75) is 62.4 Å². The van der Waals surface area contributed by atoms with Crippen LogP contribution in [0.5, 0.6) is 5.75 Å². The number of amides is 1. The van der Waals surface area contributed by atoms with Crippen LogP contribution in [0.15, 0.2) is 18.2 Å². The van der Waals surface area contributed by atoms with Crippen molar-refractivity contribution in [3.63, 3.8) is 0 Å². The van der Waals surface area contributed by atoms with Gasteiger partial charge in [-0.15, -0.1) is 0 Å². The standard InChI is InChI=1S/C18H24ClNO7/c19-10-5-9(17(25)20-11-3-1-2-4-11)6-12(7-10)26-18-16(24)15(23)14(22)13(8-21)27-18/h5-7,11,13-16,18,21-24H,1-4,8H2,(H,20,25). The van der Waals surface area contributed by atoms with Gasteiger partial charge in [-0.3, -0.25) is 4.79 Å². The Labute approximate surface area is 161 Å². The van der Waals surface area contributed by atoms with Gasteiger partial charge >= 0.3 is 0 Å². The molecule has 0 bridgehead atoms. The van der Waals surface area contributed by atoms with Crippen LogP contribution in [0.4, 0.5) is 0 Å². The molecular weight excluding hydrogens is 378 g/mol. The van der Waals surface area contributed by atoms with Crippen LogP contribution in [0.1, 0.15) is 36.0 Å². The van der Waals surface area contributed by atoms with Gasteiger partial charge in [-0.2, -0.15) is 0 Å². The summed E-state index contributed by atoms with van der Waals surface area (Å²) in [7, 11) is 0. The van der Waals surface area contributed by atoms with Crippen molar-refractivity contribution in [3.8, 4) is 5.75 Å². The number of rotatable bonds is 5. The minimum atomic E-state index is -1.55. The SMILES string of the molecule is O=C(NC1CCCC1)c1cc(Cl)cc(OC2OC(CO)C(O)C(O)C2O)c1. The predicted molar refractivity (Wildman–Crippen MR) is 95.6 cm³/mol. The summed E-state index contributed by atoms with van der Waals surface area (Å²) < 4.78 is 10.8. The van der Waals surface area contributed by atoms with Crippen molar-refractivity contribution in [2.24, 2.45) is 0 Å². The molecule has 2 fully saturated rings. The Morgan fingerprint density at radius 1 is 1.15 bits per heavy atom. The van der Waals surface area contributed by atoms with E-state index in [-0.39, 0.29) is 22.7 Å². The van der Waals surface area contributed by atoms with Crippen LogP contribution in [0, 0.1) is 0 Å². The molecular formula is C18H24ClNO7. The third kappa shape index (κ3) is 4.71. The monoisotopic (exact) mass is 401 g/mol. The molecule has 1 saturated carbocycles. The van der Waals surface area contributed by atoms with E-state index in [1.165, 1.54) is 18.2 Å². The Morgan fingerprint density at radius 2 is 1.85 bits per heavy atom. The molecule has 5 atom stereocenters. The molecule has 0 aromatic heterocycles. The highest BCUT2D eigenvalue weighted by atomic mass is 35.5. The van der Waals surface area contributed by atoms with Crippen molar-refractivity contribution >= 4 is 17.5 Å². The minimum absolute atomic E-state index is 0.145. The van der Waals surface area contributed by atoms with Gasteiger partial charge in [0.05, 0.1) is 6.61 Å². The highest BCUT2D eigenvalue weighted by molar-refractivity contribution is 6.31. The fourth-order valence-electron chi connectivity index (χ4n) is 3.40. The number of halogens is 1. The molecule has 1 aromatic carbocycles. The van der Waals surface area contributed by atoms with Gasteiger partial charge in [-0.1, -0.05) is 24.4 Å².